The number of alkyl halides is 3. The Hall–Kier alpha value is -3.55. The van der Waals surface area contributed by atoms with Gasteiger partial charge < -0.3 is 14.6 Å². The van der Waals surface area contributed by atoms with Crippen LogP contribution in [0.4, 0.5) is 18.9 Å². The Labute approximate surface area is 177 Å². The number of carbonyl (C=O) groups excluding carboxylic acids is 2. The molecular formula is C23H21F3N2O3. The van der Waals surface area contributed by atoms with Crippen molar-refractivity contribution >= 4 is 17.5 Å². The van der Waals surface area contributed by atoms with Gasteiger partial charge in [0.2, 0.25) is 0 Å². The maximum Gasteiger partial charge on any atom is 0.416 e. The summed E-state index contributed by atoms with van der Waals surface area (Å²) in [4.78, 5) is 26.5. The Morgan fingerprint density at radius 3 is 2.26 bits per heavy atom. The Morgan fingerprint density at radius 2 is 1.65 bits per heavy atom. The van der Waals surface area contributed by atoms with Crippen molar-refractivity contribution in [2.75, 3.05) is 18.4 Å². The minimum Gasteiger partial charge on any atom is -0.451 e. The monoisotopic (exact) mass is 430 g/mol. The third-order valence-electron chi connectivity index (χ3n) is 4.74. The summed E-state index contributed by atoms with van der Waals surface area (Å²) >= 11 is 0. The van der Waals surface area contributed by atoms with Crippen molar-refractivity contribution in [3.05, 3.63) is 77.6 Å². The van der Waals surface area contributed by atoms with Gasteiger partial charge in [-0.1, -0.05) is 12.1 Å². The van der Waals surface area contributed by atoms with Crippen LogP contribution in [0.25, 0.3) is 11.3 Å². The highest BCUT2D eigenvalue weighted by molar-refractivity contribution is 6.03. The van der Waals surface area contributed by atoms with E-state index < -0.39 is 17.6 Å². The molecule has 0 aliphatic carbocycles. The number of rotatable bonds is 6. The summed E-state index contributed by atoms with van der Waals surface area (Å²) < 4.78 is 44.2. The zero-order valence-corrected chi connectivity index (χ0v) is 17.0. The van der Waals surface area contributed by atoms with Gasteiger partial charge in [0.1, 0.15) is 5.76 Å². The van der Waals surface area contributed by atoms with E-state index in [9.17, 15) is 22.8 Å². The minimum atomic E-state index is -4.47. The minimum absolute atomic E-state index is 0.0456. The van der Waals surface area contributed by atoms with Crippen molar-refractivity contribution in [1.29, 1.82) is 0 Å². The van der Waals surface area contributed by atoms with Gasteiger partial charge in [0.25, 0.3) is 11.8 Å². The molecule has 162 valence electrons. The van der Waals surface area contributed by atoms with Gasteiger partial charge in [-0.3, -0.25) is 9.59 Å². The summed E-state index contributed by atoms with van der Waals surface area (Å²) in [6, 6.07) is 14.0. The number of anilines is 1. The Balaban J connectivity index is 1.71. The molecule has 0 saturated heterocycles. The van der Waals surface area contributed by atoms with Gasteiger partial charge in [-0.25, -0.2) is 0 Å². The van der Waals surface area contributed by atoms with Crippen LogP contribution < -0.4 is 5.32 Å². The predicted octanol–water partition coefficient (Wildman–Crippen LogP) is 5.70. The zero-order valence-electron chi connectivity index (χ0n) is 17.0. The number of carbonyl (C=O) groups is 2. The van der Waals surface area contributed by atoms with Gasteiger partial charge in [0, 0.05) is 29.9 Å². The van der Waals surface area contributed by atoms with Gasteiger partial charge in [0.05, 0.1) is 5.56 Å². The molecule has 0 saturated carbocycles. The second kappa shape index (κ2) is 9.07. The first-order chi connectivity index (χ1) is 14.7. The van der Waals surface area contributed by atoms with E-state index in [0.29, 0.717) is 24.3 Å². The smallest absolute Gasteiger partial charge is 0.416 e. The average Bonchev–Trinajstić information content (AvgIpc) is 3.25. The fourth-order valence-electron chi connectivity index (χ4n) is 3.05. The SMILES string of the molecule is CCN(CC)C(=O)c1ccc(NC(=O)c2ccc(-c3cccc(C(F)(F)F)c3)o2)cc1. The lowest BCUT2D eigenvalue weighted by atomic mass is 10.1. The molecular weight excluding hydrogens is 409 g/mol. The number of halogens is 3. The average molecular weight is 430 g/mol. The van der Waals surface area contributed by atoms with E-state index in [4.69, 9.17) is 4.42 Å². The van der Waals surface area contributed by atoms with E-state index in [1.807, 2.05) is 13.8 Å². The number of nitrogens with one attached hydrogen (secondary N) is 1. The molecule has 8 heteroatoms. The largest absolute Gasteiger partial charge is 0.451 e. The summed E-state index contributed by atoms with van der Waals surface area (Å²) in [5.41, 5.74) is 0.379. The molecule has 0 fully saturated rings. The number of amides is 2. The predicted molar refractivity (Wildman–Crippen MR) is 111 cm³/mol. The third-order valence-corrected chi connectivity index (χ3v) is 4.74. The Bertz CT molecular complexity index is 1070. The Morgan fingerprint density at radius 1 is 0.968 bits per heavy atom. The highest BCUT2D eigenvalue weighted by Crippen LogP contribution is 2.32. The molecule has 2 aromatic carbocycles. The lowest BCUT2D eigenvalue weighted by Crippen LogP contribution is -2.30. The van der Waals surface area contributed by atoms with Crippen LogP contribution in [0.3, 0.4) is 0 Å². The van der Waals surface area contributed by atoms with Crippen LogP contribution in [-0.2, 0) is 6.18 Å². The van der Waals surface area contributed by atoms with E-state index in [1.165, 1.54) is 24.3 Å². The number of benzene rings is 2. The maximum atomic E-state index is 12.9. The number of hydrogen-bond acceptors (Lipinski definition) is 3. The summed E-state index contributed by atoms with van der Waals surface area (Å²) in [5, 5.41) is 2.64. The van der Waals surface area contributed by atoms with Crippen molar-refractivity contribution in [2.24, 2.45) is 0 Å². The molecule has 1 aromatic heterocycles. The second-order valence-corrected chi connectivity index (χ2v) is 6.75. The van der Waals surface area contributed by atoms with Crippen molar-refractivity contribution in [3.63, 3.8) is 0 Å². The van der Waals surface area contributed by atoms with Gasteiger partial charge in [0.15, 0.2) is 5.76 Å². The topological polar surface area (TPSA) is 62.6 Å². The molecule has 5 nitrogen and oxygen atoms in total. The zero-order chi connectivity index (χ0) is 22.6. The molecule has 0 aliphatic heterocycles. The summed E-state index contributed by atoms with van der Waals surface area (Å²) in [6.45, 7) is 4.99. The molecule has 0 atom stereocenters. The molecule has 1 heterocycles. The van der Waals surface area contributed by atoms with Crippen LogP contribution in [0.1, 0.15) is 40.3 Å². The fraction of sp³-hybridized carbons (Fsp3) is 0.217. The van der Waals surface area contributed by atoms with Gasteiger partial charge in [-0.2, -0.15) is 13.2 Å². The second-order valence-electron chi connectivity index (χ2n) is 6.75. The standard InChI is InChI=1S/C23H21F3N2O3/c1-3-28(4-2)22(30)15-8-10-18(11-9-15)27-21(29)20-13-12-19(31-20)16-6-5-7-17(14-16)23(24,25)26/h5-14H,3-4H2,1-2H3,(H,27,29). The van der Waals surface area contributed by atoms with Crippen LogP contribution in [0.5, 0.6) is 0 Å². The van der Waals surface area contributed by atoms with E-state index in [1.54, 1.807) is 29.2 Å². The highest BCUT2D eigenvalue weighted by atomic mass is 19.4. The van der Waals surface area contributed by atoms with Crippen molar-refractivity contribution < 1.29 is 27.2 Å². The molecule has 1 N–H and O–H groups in total. The first-order valence-electron chi connectivity index (χ1n) is 9.71. The van der Waals surface area contributed by atoms with Gasteiger partial charge in [-0.15, -0.1) is 0 Å². The molecule has 0 radical (unpaired) electrons. The summed E-state index contributed by atoms with van der Waals surface area (Å²) in [7, 11) is 0. The van der Waals surface area contributed by atoms with Crippen molar-refractivity contribution in [2.45, 2.75) is 20.0 Å². The highest BCUT2D eigenvalue weighted by Gasteiger charge is 2.30. The van der Waals surface area contributed by atoms with Crippen LogP contribution in [0, 0.1) is 0 Å². The number of furan rings is 1. The molecule has 0 spiro atoms. The van der Waals surface area contributed by atoms with Crippen LogP contribution >= 0.6 is 0 Å². The molecule has 31 heavy (non-hydrogen) atoms. The van der Waals surface area contributed by atoms with E-state index >= 15 is 0 Å². The van der Waals surface area contributed by atoms with E-state index in [0.717, 1.165) is 12.1 Å². The third kappa shape index (κ3) is 5.14. The number of hydrogen-bond donors (Lipinski definition) is 1. The Kier molecular flexibility index (Phi) is 6.48. The number of nitrogens with zero attached hydrogens (tertiary/aromatic N) is 1. The normalized spacial score (nSPS) is 11.3. The fourth-order valence-corrected chi connectivity index (χ4v) is 3.05. The van der Waals surface area contributed by atoms with Gasteiger partial charge in [-0.05, 0) is 62.4 Å². The van der Waals surface area contributed by atoms with Crippen molar-refractivity contribution in [1.82, 2.24) is 4.90 Å². The molecule has 3 rings (SSSR count). The van der Waals surface area contributed by atoms with Crippen LogP contribution in [0.15, 0.2) is 65.1 Å². The lowest BCUT2D eigenvalue weighted by molar-refractivity contribution is -0.137. The van der Waals surface area contributed by atoms with Gasteiger partial charge >= 0.3 is 6.18 Å². The van der Waals surface area contributed by atoms with Crippen LogP contribution in [-0.4, -0.2) is 29.8 Å². The first-order valence-corrected chi connectivity index (χ1v) is 9.71. The van der Waals surface area contributed by atoms with E-state index in [-0.39, 0.29) is 23.0 Å². The molecule has 0 aliphatic rings. The molecule has 0 unspecified atom stereocenters. The quantitative estimate of drug-likeness (QED) is 0.546. The van der Waals surface area contributed by atoms with Crippen LogP contribution in [0.2, 0.25) is 0 Å². The lowest BCUT2D eigenvalue weighted by Gasteiger charge is -2.18. The van der Waals surface area contributed by atoms with Crippen molar-refractivity contribution in [3.8, 4) is 11.3 Å². The maximum absolute atomic E-state index is 12.9. The first kappa shape index (κ1) is 22.1. The molecule has 0 bridgehead atoms. The van der Waals surface area contributed by atoms with E-state index in [2.05, 4.69) is 5.32 Å². The summed E-state index contributed by atoms with van der Waals surface area (Å²) in [5.74, 6) is -0.548. The molecule has 3 aromatic rings. The molecule has 2 amide bonds. The summed E-state index contributed by atoms with van der Waals surface area (Å²) in [6.07, 6.45) is -4.47.